The maximum atomic E-state index is 12.5. The van der Waals surface area contributed by atoms with Gasteiger partial charge in [0.15, 0.2) is 0 Å². The standard InChI is InChI=1S/C20H20N2O3/c1-20(18(23)24)8-9-22(12-20)19(25)21-15-6-7-17-14(11-15)10-13-4-2-3-5-16(13)17/h2-7,11H,8-10,12H2,1H3,(H,21,25)(H,23,24). The number of likely N-dealkylation sites (tertiary alicyclic amines) is 1. The van der Waals surface area contributed by atoms with E-state index in [1.807, 2.05) is 30.3 Å². The van der Waals surface area contributed by atoms with Gasteiger partial charge in [0.25, 0.3) is 0 Å². The van der Waals surface area contributed by atoms with E-state index in [1.165, 1.54) is 22.3 Å². The number of anilines is 1. The fraction of sp³-hybridized carbons (Fsp3) is 0.300. The van der Waals surface area contributed by atoms with E-state index in [-0.39, 0.29) is 12.6 Å². The number of fused-ring (bicyclic) bond motifs is 3. The first-order valence-electron chi connectivity index (χ1n) is 8.47. The van der Waals surface area contributed by atoms with Crippen LogP contribution in [0.15, 0.2) is 42.5 Å². The number of hydrogen-bond acceptors (Lipinski definition) is 2. The first-order valence-corrected chi connectivity index (χ1v) is 8.47. The predicted octanol–water partition coefficient (Wildman–Crippen LogP) is 3.59. The van der Waals surface area contributed by atoms with Crippen molar-refractivity contribution >= 4 is 17.7 Å². The number of rotatable bonds is 2. The van der Waals surface area contributed by atoms with Gasteiger partial charge in [-0.3, -0.25) is 4.79 Å². The van der Waals surface area contributed by atoms with Gasteiger partial charge in [-0.25, -0.2) is 4.79 Å². The van der Waals surface area contributed by atoms with Crippen LogP contribution in [-0.4, -0.2) is 35.1 Å². The fourth-order valence-electron chi connectivity index (χ4n) is 3.73. The summed E-state index contributed by atoms with van der Waals surface area (Å²) in [5.41, 5.74) is 4.88. The Labute approximate surface area is 146 Å². The number of aliphatic carboxylic acids is 1. The molecule has 2 aromatic rings. The van der Waals surface area contributed by atoms with E-state index in [2.05, 4.69) is 17.4 Å². The molecule has 1 heterocycles. The normalized spacial score (nSPS) is 20.9. The molecule has 128 valence electrons. The highest BCUT2D eigenvalue weighted by molar-refractivity contribution is 5.91. The Bertz CT molecular complexity index is 877. The zero-order valence-corrected chi connectivity index (χ0v) is 14.1. The molecule has 1 fully saturated rings. The fourth-order valence-corrected chi connectivity index (χ4v) is 3.73. The lowest BCUT2D eigenvalue weighted by molar-refractivity contribution is -0.146. The predicted molar refractivity (Wildman–Crippen MR) is 95.6 cm³/mol. The van der Waals surface area contributed by atoms with E-state index in [1.54, 1.807) is 11.8 Å². The second-order valence-corrected chi connectivity index (χ2v) is 7.17. The van der Waals surface area contributed by atoms with Crippen LogP contribution in [0.4, 0.5) is 10.5 Å². The van der Waals surface area contributed by atoms with Crippen molar-refractivity contribution < 1.29 is 14.7 Å². The minimum Gasteiger partial charge on any atom is -0.481 e. The van der Waals surface area contributed by atoms with Crippen LogP contribution < -0.4 is 5.32 Å². The largest absolute Gasteiger partial charge is 0.481 e. The Hall–Kier alpha value is -2.82. The summed E-state index contributed by atoms with van der Waals surface area (Å²) >= 11 is 0. The lowest BCUT2D eigenvalue weighted by Crippen LogP contribution is -2.37. The van der Waals surface area contributed by atoms with Gasteiger partial charge in [-0.15, -0.1) is 0 Å². The molecule has 5 nitrogen and oxygen atoms in total. The van der Waals surface area contributed by atoms with Crippen LogP contribution >= 0.6 is 0 Å². The summed E-state index contributed by atoms with van der Waals surface area (Å²) < 4.78 is 0. The van der Waals surface area contributed by atoms with Crippen LogP contribution in [0.25, 0.3) is 11.1 Å². The van der Waals surface area contributed by atoms with Crippen LogP contribution in [0.5, 0.6) is 0 Å². The molecular weight excluding hydrogens is 316 g/mol. The summed E-state index contributed by atoms with van der Waals surface area (Å²) in [6.45, 7) is 2.39. The van der Waals surface area contributed by atoms with Gasteiger partial charge < -0.3 is 15.3 Å². The summed E-state index contributed by atoms with van der Waals surface area (Å²) in [7, 11) is 0. The second-order valence-electron chi connectivity index (χ2n) is 7.17. The number of carboxylic acids is 1. The Balaban J connectivity index is 1.49. The quantitative estimate of drug-likeness (QED) is 0.751. The van der Waals surface area contributed by atoms with Crippen LogP contribution in [0.3, 0.4) is 0 Å². The van der Waals surface area contributed by atoms with E-state index >= 15 is 0 Å². The average molecular weight is 336 g/mol. The van der Waals surface area contributed by atoms with Crippen molar-refractivity contribution in [1.29, 1.82) is 0 Å². The Kier molecular flexibility index (Phi) is 3.53. The molecule has 0 radical (unpaired) electrons. The number of carbonyl (C=O) groups is 2. The van der Waals surface area contributed by atoms with Crippen molar-refractivity contribution in [2.75, 3.05) is 18.4 Å². The monoisotopic (exact) mass is 336 g/mol. The van der Waals surface area contributed by atoms with E-state index in [4.69, 9.17) is 0 Å². The summed E-state index contributed by atoms with van der Waals surface area (Å²) in [5.74, 6) is -0.849. The molecule has 2 amide bonds. The first kappa shape index (κ1) is 15.7. The third kappa shape index (κ3) is 2.65. The molecule has 2 aromatic carbocycles. The molecule has 0 spiro atoms. The number of benzene rings is 2. The van der Waals surface area contributed by atoms with Crippen molar-refractivity contribution in [3.05, 3.63) is 53.6 Å². The number of nitrogens with zero attached hydrogens (tertiary/aromatic N) is 1. The third-order valence-electron chi connectivity index (χ3n) is 5.32. The minimum absolute atomic E-state index is 0.236. The molecule has 2 aliphatic rings. The SMILES string of the molecule is CC1(C(=O)O)CCN(C(=O)Nc2ccc3c(c2)Cc2ccccc2-3)C1. The smallest absolute Gasteiger partial charge is 0.321 e. The van der Waals surface area contributed by atoms with Gasteiger partial charge in [0.1, 0.15) is 0 Å². The molecule has 1 atom stereocenters. The van der Waals surface area contributed by atoms with Gasteiger partial charge in [-0.2, -0.15) is 0 Å². The zero-order chi connectivity index (χ0) is 17.6. The molecule has 25 heavy (non-hydrogen) atoms. The maximum absolute atomic E-state index is 12.5. The van der Waals surface area contributed by atoms with Crippen LogP contribution in [0.1, 0.15) is 24.5 Å². The Morgan fingerprint density at radius 3 is 2.64 bits per heavy atom. The number of amides is 2. The van der Waals surface area contributed by atoms with Crippen LogP contribution in [0, 0.1) is 5.41 Å². The molecule has 1 aliphatic heterocycles. The van der Waals surface area contributed by atoms with Crippen molar-refractivity contribution in [3.8, 4) is 11.1 Å². The number of urea groups is 1. The van der Waals surface area contributed by atoms with Gasteiger partial charge in [0, 0.05) is 18.8 Å². The van der Waals surface area contributed by atoms with Gasteiger partial charge >= 0.3 is 12.0 Å². The maximum Gasteiger partial charge on any atom is 0.321 e. The zero-order valence-electron chi connectivity index (χ0n) is 14.1. The van der Waals surface area contributed by atoms with Crippen molar-refractivity contribution in [2.45, 2.75) is 19.8 Å². The molecule has 5 heteroatoms. The molecule has 1 saturated heterocycles. The third-order valence-corrected chi connectivity index (χ3v) is 5.32. The summed E-state index contributed by atoms with van der Waals surface area (Å²) in [6.07, 6.45) is 1.35. The average Bonchev–Trinajstić information content (AvgIpc) is 3.16. The lowest BCUT2D eigenvalue weighted by Gasteiger charge is -2.20. The van der Waals surface area contributed by atoms with Gasteiger partial charge in [-0.1, -0.05) is 30.3 Å². The molecule has 0 aromatic heterocycles. The highest BCUT2D eigenvalue weighted by Crippen LogP contribution is 2.37. The molecule has 0 saturated carbocycles. The van der Waals surface area contributed by atoms with E-state index < -0.39 is 11.4 Å². The van der Waals surface area contributed by atoms with Gasteiger partial charge in [0.2, 0.25) is 0 Å². The second kappa shape index (κ2) is 5.62. The molecule has 2 N–H and O–H groups in total. The molecule has 0 bridgehead atoms. The molecule has 4 rings (SSSR count). The van der Waals surface area contributed by atoms with E-state index in [0.717, 1.165) is 12.1 Å². The van der Waals surface area contributed by atoms with Gasteiger partial charge in [-0.05, 0) is 54.2 Å². The summed E-state index contributed by atoms with van der Waals surface area (Å²) in [4.78, 5) is 25.4. The number of nitrogens with one attached hydrogen (secondary N) is 1. The minimum atomic E-state index is -0.850. The first-order chi connectivity index (χ1) is 12.0. The van der Waals surface area contributed by atoms with Crippen molar-refractivity contribution in [2.24, 2.45) is 5.41 Å². The van der Waals surface area contributed by atoms with Gasteiger partial charge in [0.05, 0.1) is 5.41 Å². The Morgan fingerprint density at radius 1 is 1.12 bits per heavy atom. The van der Waals surface area contributed by atoms with Crippen molar-refractivity contribution in [3.63, 3.8) is 0 Å². The van der Waals surface area contributed by atoms with Crippen LogP contribution in [0.2, 0.25) is 0 Å². The number of carboxylic acid groups (broad SMARTS) is 1. The van der Waals surface area contributed by atoms with Crippen molar-refractivity contribution in [1.82, 2.24) is 4.90 Å². The molecule has 1 aliphatic carbocycles. The topological polar surface area (TPSA) is 69.6 Å². The summed E-state index contributed by atoms with van der Waals surface area (Å²) in [5, 5.41) is 12.2. The summed E-state index contributed by atoms with van der Waals surface area (Å²) in [6, 6.07) is 14.1. The van der Waals surface area contributed by atoms with Crippen LogP contribution in [-0.2, 0) is 11.2 Å². The molecular formula is C20H20N2O3. The molecule has 1 unspecified atom stereocenters. The van der Waals surface area contributed by atoms with E-state index in [0.29, 0.717) is 13.0 Å². The number of carbonyl (C=O) groups excluding carboxylic acids is 1. The van der Waals surface area contributed by atoms with E-state index in [9.17, 15) is 14.7 Å². The highest BCUT2D eigenvalue weighted by atomic mass is 16.4. The Morgan fingerprint density at radius 2 is 1.88 bits per heavy atom. The lowest BCUT2D eigenvalue weighted by atomic mass is 9.90. The number of hydrogen-bond donors (Lipinski definition) is 2. The highest BCUT2D eigenvalue weighted by Gasteiger charge is 2.42.